The number of amides is 1. The highest BCUT2D eigenvalue weighted by Gasteiger charge is 2.17. The van der Waals surface area contributed by atoms with Crippen molar-refractivity contribution in [1.29, 1.82) is 0 Å². The van der Waals surface area contributed by atoms with Crippen LogP contribution in [-0.2, 0) is 4.79 Å². The topological polar surface area (TPSA) is 99.5 Å². The second kappa shape index (κ2) is 10.2. The van der Waals surface area contributed by atoms with Crippen LogP contribution in [0.1, 0.15) is 13.8 Å². The predicted molar refractivity (Wildman–Crippen MR) is 77.8 cm³/mol. The van der Waals surface area contributed by atoms with E-state index in [1.54, 1.807) is 11.6 Å². The highest BCUT2D eigenvalue weighted by atomic mass is 79.9. The third-order valence-corrected chi connectivity index (χ3v) is 2.37. The zero-order chi connectivity index (χ0) is 9.84. The number of anilines is 1. The molecule has 1 heterocycles. The maximum Gasteiger partial charge on any atom is 0.243 e. The SMILES string of the molecule is Br.Br.CC(C)C(N)C(=O)Nc1nccs1.O. The molecule has 1 amide bonds. The molecule has 5 N–H and O–H groups in total. The van der Waals surface area contributed by atoms with Crippen LogP contribution >= 0.6 is 45.3 Å². The largest absolute Gasteiger partial charge is 0.412 e. The number of halogens is 2. The van der Waals surface area contributed by atoms with Crippen LogP contribution in [0.25, 0.3) is 0 Å². The van der Waals surface area contributed by atoms with Crippen molar-refractivity contribution in [2.24, 2.45) is 11.7 Å². The number of aromatic nitrogens is 1. The van der Waals surface area contributed by atoms with E-state index in [9.17, 15) is 4.79 Å². The molecule has 16 heavy (non-hydrogen) atoms. The summed E-state index contributed by atoms with van der Waals surface area (Å²) in [5, 5.41) is 5.05. The molecule has 1 aromatic rings. The molecule has 1 unspecified atom stereocenters. The molecule has 0 fully saturated rings. The standard InChI is InChI=1S/C8H13N3OS.2BrH.H2O/c1-5(2)6(9)7(12)11-8-10-3-4-13-8;;;/h3-6H,9H2,1-2H3,(H,10,11,12);2*1H;1H2. The molecule has 0 aliphatic rings. The van der Waals surface area contributed by atoms with Gasteiger partial charge in [0.15, 0.2) is 5.13 Å². The van der Waals surface area contributed by atoms with Crippen LogP contribution in [-0.4, -0.2) is 22.4 Å². The van der Waals surface area contributed by atoms with Gasteiger partial charge in [0.2, 0.25) is 5.91 Å². The Morgan fingerprint density at radius 2 is 2.06 bits per heavy atom. The average Bonchev–Trinajstić information content (AvgIpc) is 2.55. The van der Waals surface area contributed by atoms with Gasteiger partial charge in [-0.2, -0.15) is 0 Å². The predicted octanol–water partition coefficient (Wildman–Crippen LogP) is 1.40. The molecule has 0 aliphatic carbocycles. The molecule has 0 saturated heterocycles. The first-order valence-corrected chi connectivity index (χ1v) is 4.95. The number of carbonyl (C=O) groups is 1. The van der Waals surface area contributed by atoms with Crippen LogP contribution in [0.15, 0.2) is 11.6 Å². The van der Waals surface area contributed by atoms with Crippen molar-refractivity contribution < 1.29 is 10.3 Å². The normalized spacial score (nSPS) is 10.5. The zero-order valence-corrected chi connectivity index (χ0v) is 13.2. The van der Waals surface area contributed by atoms with Crippen molar-refractivity contribution >= 4 is 56.3 Å². The fourth-order valence-corrected chi connectivity index (χ4v) is 1.31. The van der Waals surface area contributed by atoms with E-state index in [-0.39, 0.29) is 51.3 Å². The highest BCUT2D eigenvalue weighted by Crippen LogP contribution is 2.11. The van der Waals surface area contributed by atoms with E-state index in [4.69, 9.17) is 5.73 Å². The summed E-state index contributed by atoms with van der Waals surface area (Å²) in [6.45, 7) is 3.82. The molecule has 1 rings (SSSR count). The van der Waals surface area contributed by atoms with Crippen LogP contribution < -0.4 is 11.1 Å². The van der Waals surface area contributed by atoms with Gasteiger partial charge in [-0.05, 0) is 5.92 Å². The van der Waals surface area contributed by atoms with Crippen LogP contribution in [0.2, 0.25) is 0 Å². The summed E-state index contributed by atoms with van der Waals surface area (Å²) >= 11 is 1.38. The van der Waals surface area contributed by atoms with E-state index in [1.165, 1.54) is 11.3 Å². The van der Waals surface area contributed by atoms with Crippen LogP contribution in [0.5, 0.6) is 0 Å². The summed E-state index contributed by atoms with van der Waals surface area (Å²) in [5.41, 5.74) is 5.64. The van der Waals surface area contributed by atoms with Gasteiger partial charge in [0.1, 0.15) is 0 Å². The van der Waals surface area contributed by atoms with Gasteiger partial charge in [0, 0.05) is 11.6 Å². The van der Waals surface area contributed by atoms with Crippen molar-refractivity contribution in [3.8, 4) is 0 Å². The lowest BCUT2D eigenvalue weighted by molar-refractivity contribution is -0.118. The van der Waals surface area contributed by atoms with Gasteiger partial charge in [-0.25, -0.2) is 4.98 Å². The number of thiazole rings is 1. The quantitative estimate of drug-likeness (QED) is 0.831. The number of carbonyl (C=O) groups excluding carboxylic acids is 1. The zero-order valence-electron chi connectivity index (χ0n) is 8.97. The van der Waals surface area contributed by atoms with E-state index in [0.717, 1.165) is 0 Å². The Kier molecular flexibility index (Phi) is 13.5. The van der Waals surface area contributed by atoms with Crippen molar-refractivity contribution in [1.82, 2.24) is 4.98 Å². The third kappa shape index (κ3) is 6.54. The fourth-order valence-electron chi connectivity index (χ4n) is 0.777. The molecule has 0 aliphatic heterocycles. The maximum absolute atomic E-state index is 11.4. The van der Waals surface area contributed by atoms with Crippen LogP contribution in [0.3, 0.4) is 0 Å². The molecule has 1 aromatic heterocycles. The molecule has 96 valence electrons. The second-order valence-corrected chi connectivity index (χ2v) is 3.99. The Hall–Kier alpha value is -0.0200. The first kappa shape index (κ1) is 21.3. The highest BCUT2D eigenvalue weighted by molar-refractivity contribution is 8.93. The first-order chi connectivity index (χ1) is 6.11. The van der Waals surface area contributed by atoms with Crippen LogP contribution in [0.4, 0.5) is 5.13 Å². The summed E-state index contributed by atoms with van der Waals surface area (Å²) in [6, 6.07) is -0.469. The summed E-state index contributed by atoms with van der Waals surface area (Å²) in [7, 11) is 0. The molecule has 1 atom stereocenters. The first-order valence-electron chi connectivity index (χ1n) is 4.07. The number of nitrogens with zero attached hydrogens (tertiary/aromatic N) is 1. The monoisotopic (exact) mass is 377 g/mol. The Balaban J connectivity index is -0.000000563. The number of rotatable bonds is 3. The summed E-state index contributed by atoms with van der Waals surface area (Å²) in [4.78, 5) is 15.3. The Morgan fingerprint density at radius 1 is 1.50 bits per heavy atom. The fraction of sp³-hybridized carbons (Fsp3) is 0.500. The van der Waals surface area contributed by atoms with E-state index in [0.29, 0.717) is 5.13 Å². The molecule has 8 heteroatoms. The number of hydrogen-bond donors (Lipinski definition) is 2. The average molecular weight is 379 g/mol. The lowest BCUT2D eigenvalue weighted by Gasteiger charge is -2.13. The van der Waals surface area contributed by atoms with Crippen molar-refractivity contribution in [3.05, 3.63) is 11.6 Å². The van der Waals surface area contributed by atoms with Crippen LogP contribution in [0, 0.1) is 5.92 Å². The molecule has 0 aromatic carbocycles. The van der Waals surface area contributed by atoms with E-state index in [1.807, 2.05) is 13.8 Å². The van der Waals surface area contributed by atoms with Gasteiger partial charge in [-0.15, -0.1) is 45.3 Å². The minimum Gasteiger partial charge on any atom is -0.412 e. The van der Waals surface area contributed by atoms with Crippen molar-refractivity contribution in [2.45, 2.75) is 19.9 Å². The molecule has 5 nitrogen and oxygen atoms in total. The molecule has 0 saturated carbocycles. The Morgan fingerprint density at radius 3 is 2.44 bits per heavy atom. The molecule has 0 spiro atoms. The third-order valence-electron chi connectivity index (χ3n) is 1.68. The summed E-state index contributed by atoms with van der Waals surface area (Å²) in [5.74, 6) is -0.0371. The van der Waals surface area contributed by atoms with Gasteiger partial charge in [0.05, 0.1) is 6.04 Å². The van der Waals surface area contributed by atoms with Crippen molar-refractivity contribution in [3.63, 3.8) is 0 Å². The second-order valence-electron chi connectivity index (χ2n) is 3.10. The number of nitrogens with two attached hydrogens (primary N) is 1. The van der Waals surface area contributed by atoms with E-state index >= 15 is 0 Å². The van der Waals surface area contributed by atoms with Gasteiger partial charge in [-0.3, -0.25) is 4.79 Å². The summed E-state index contributed by atoms with van der Waals surface area (Å²) < 4.78 is 0. The van der Waals surface area contributed by atoms with Crippen molar-refractivity contribution in [2.75, 3.05) is 5.32 Å². The minimum atomic E-state index is -0.469. The van der Waals surface area contributed by atoms with Gasteiger partial charge < -0.3 is 16.5 Å². The summed E-state index contributed by atoms with van der Waals surface area (Å²) in [6.07, 6.45) is 1.64. The lowest BCUT2D eigenvalue weighted by Crippen LogP contribution is -2.39. The molecule has 0 bridgehead atoms. The van der Waals surface area contributed by atoms with Gasteiger partial charge in [-0.1, -0.05) is 13.8 Å². The van der Waals surface area contributed by atoms with Gasteiger partial charge >= 0.3 is 0 Å². The lowest BCUT2D eigenvalue weighted by atomic mass is 10.1. The maximum atomic E-state index is 11.4. The Labute approximate surface area is 120 Å². The molecule has 0 radical (unpaired) electrons. The molecular weight excluding hydrogens is 362 g/mol. The smallest absolute Gasteiger partial charge is 0.243 e. The minimum absolute atomic E-state index is 0. The van der Waals surface area contributed by atoms with E-state index < -0.39 is 6.04 Å². The molecular formula is C8H17Br2N3O2S. The number of nitrogens with one attached hydrogen (secondary N) is 1. The van der Waals surface area contributed by atoms with Gasteiger partial charge in [0.25, 0.3) is 0 Å². The Bertz CT molecular complexity index is 283. The van der Waals surface area contributed by atoms with E-state index in [2.05, 4.69) is 10.3 Å². The number of hydrogen-bond acceptors (Lipinski definition) is 4.